The molecule has 1 saturated heterocycles. The summed E-state index contributed by atoms with van der Waals surface area (Å²) in [6.07, 6.45) is 9.20. The molecule has 34 heavy (non-hydrogen) atoms. The lowest BCUT2D eigenvalue weighted by Crippen LogP contribution is -2.37. The Hall–Kier alpha value is -1.43. The summed E-state index contributed by atoms with van der Waals surface area (Å²) in [5.74, 6) is 3.59. The van der Waals surface area contributed by atoms with E-state index in [1.165, 1.54) is 62.1 Å². The van der Waals surface area contributed by atoms with Crippen molar-refractivity contribution in [3.8, 4) is 0 Å². The Bertz CT molecular complexity index is 781. The van der Waals surface area contributed by atoms with Gasteiger partial charge in [-0.05, 0) is 62.1 Å². The zero-order valence-corrected chi connectivity index (χ0v) is 22.3. The summed E-state index contributed by atoms with van der Waals surface area (Å²) in [4.78, 5) is 14.7. The number of amides is 1. The fourth-order valence-corrected chi connectivity index (χ4v) is 6.77. The third kappa shape index (κ3) is 11.8. The molecule has 2 aromatic rings. The van der Waals surface area contributed by atoms with Crippen LogP contribution in [-0.2, 0) is 16.3 Å². The summed E-state index contributed by atoms with van der Waals surface area (Å²) in [6.45, 7) is 4.20. The summed E-state index contributed by atoms with van der Waals surface area (Å²) >= 11 is 4.13. The van der Waals surface area contributed by atoms with Crippen molar-refractivity contribution < 1.29 is 4.79 Å². The van der Waals surface area contributed by atoms with E-state index in [4.69, 9.17) is 0 Å². The molecule has 0 spiro atoms. The van der Waals surface area contributed by atoms with Gasteiger partial charge in [0.25, 0.3) is 0 Å². The van der Waals surface area contributed by atoms with Crippen molar-refractivity contribution in [3.63, 3.8) is 0 Å². The van der Waals surface area contributed by atoms with Crippen LogP contribution >= 0.6 is 23.5 Å². The Morgan fingerprint density at radius 2 is 1.53 bits per heavy atom. The zero-order chi connectivity index (χ0) is 23.7. The lowest BCUT2D eigenvalue weighted by Gasteiger charge is -2.26. The van der Waals surface area contributed by atoms with Crippen LogP contribution in [0.5, 0.6) is 0 Å². The summed E-state index contributed by atoms with van der Waals surface area (Å²) in [6, 6.07) is 21.6. The van der Waals surface area contributed by atoms with Crippen LogP contribution in [0.4, 0.5) is 0 Å². The number of rotatable bonds is 16. The second kappa shape index (κ2) is 17.1. The van der Waals surface area contributed by atoms with E-state index in [0.29, 0.717) is 11.7 Å². The van der Waals surface area contributed by atoms with Crippen LogP contribution in [0.1, 0.15) is 62.5 Å². The van der Waals surface area contributed by atoms with Crippen LogP contribution in [0.2, 0.25) is 0 Å². The molecule has 1 heterocycles. The monoisotopic (exact) mass is 498 g/mol. The lowest BCUT2D eigenvalue weighted by atomic mass is 10.1. The average Bonchev–Trinajstić information content (AvgIpc) is 2.89. The minimum absolute atomic E-state index is 0.226. The molecular weight excluding hydrogens is 456 g/mol. The molecule has 0 bridgehead atoms. The van der Waals surface area contributed by atoms with Gasteiger partial charge in [0.2, 0.25) is 5.91 Å². The minimum Gasteiger partial charge on any atom is -0.355 e. The SMILES string of the molecule is O=C(CCCCC(CCSCc1ccccc1)SCc1ccccc1)NCCN1CCCCC1. The normalized spacial score (nSPS) is 15.2. The molecule has 1 aliphatic heterocycles. The van der Waals surface area contributed by atoms with E-state index >= 15 is 0 Å². The van der Waals surface area contributed by atoms with Gasteiger partial charge in [0.05, 0.1) is 0 Å². The van der Waals surface area contributed by atoms with Crippen LogP contribution in [0.15, 0.2) is 60.7 Å². The number of hydrogen-bond acceptors (Lipinski definition) is 4. The molecule has 0 aliphatic carbocycles. The predicted octanol–water partition coefficient (Wildman–Crippen LogP) is 6.77. The maximum absolute atomic E-state index is 12.2. The zero-order valence-electron chi connectivity index (χ0n) is 20.6. The molecule has 0 aromatic heterocycles. The van der Waals surface area contributed by atoms with Gasteiger partial charge < -0.3 is 10.2 Å². The smallest absolute Gasteiger partial charge is 0.220 e. The molecule has 1 N–H and O–H groups in total. The van der Waals surface area contributed by atoms with Gasteiger partial charge in [-0.1, -0.05) is 73.5 Å². The van der Waals surface area contributed by atoms with E-state index in [0.717, 1.165) is 37.4 Å². The summed E-state index contributed by atoms with van der Waals surface area (Å²) in [7, 11) is 0. The quantitative estimate of drug-likeness (QED) is 0.259. The van der Waals surface area contributed by atoms with E-state index in [1.807, 2.05) is 11.8 Å². The lowest BCUT2D eigenvalue weighted by molar-refractivity contribution is -0.121. The number of nitrogens with zero attached hydrogens (tertiary/aromatic N) is 1. The predicted molar refractivity (Wildman–Crippen MR) is 151 cm³/mol. The van der Waals surface area contributed by atoms with Crippen molar-refractivity contribution >= 4 is 29.4 Å². The van der Waals surface area contributed by atoms with Crippen molar-refractivity contribution in [3.05, 3.63) is 71.8 Å². The topological polar surface area (TPSA) is 32.3 Å². The fraction of sp³-hybridized carbons (Fsp3) is 0.552. The standard InChI is InChI=1S/C29H42N2OS2/c32-29(30-19-22-31-20-10-3-11-21-31)17-9-8-16-28(34-25-27-14-6-2-7-15-27)18-23-33-24-26-12-4-1-5-13-26/h1-2,4-7,12-15,28H,3,8-11,16-25H2,(H,30,32). The van der Waals surface area contributed by atoms with E-state index in [1.54, 1.807) is 0 Å². The van der Waals surface area contributed by atoms with Crippen molar-refractivity contribution in [2.24, 2.45) is 0 Å². The molecule has 1 atom stereocenters. The van der Waals surface area contributed by atoms with Crippen LogP contribution in [-0.4, -0.2) is 48.0 Å². The Labute approximate surface area is 215 Å². The molecule has 3 rings (SSSR count). The fourth-order valence-electron chi connectivity index (χ4n) is 4.36. The van der Waals surface area contributed by atoms with E-state index in [-0.39, 0.29) is 5.91 Å². The van der Waals surface area contributed by atoms with Crippen molar-refractivity contribution in [2.75, 3.05) is 31.9 Å². The molecule has 1 fully saturated rings. The third-order valence-electron chi connectivity index (χ3n) is 6.40. The highest BCUT2D eigenvalue weighted by molar-refractivity contribution is 7.99. The summed E-state index contributed by atoms with van der Waals surface area (Å²) in [5, 5.41) is 3.79. The maximum Gasteiger partial charge on any atom is 0.220 e. The Morgan fingerprint density at radius 3 is 2.24 bits per heavy atom. The van der Waals surface area contributed by atoms with Gasteiger partial charge in [0.1, 0.15) is 0 Å². The maximum atomic E-state index is 12.2. The van der Waals surface area contributed by atoms with Crippen LogP contribution in [0.3, 0.4) is 0 Å². The third-order valence-corrected chi connectivity index (χ3v) is 8.91. The molecule has 5 heteroatoms. The number of benzene rings is 2. The highest BCUT2D eigenvalue weighted by Gasteiger charge is 2.12. The van der Waals surface area contributed by atoms with Gasteiger partial charge in [0.15, 0.2) is 0 Å². The molecule has 1 aliphatic rings. The van der Waals surface area contributed by atoms with Gasteiger partial charge in [0, 0.05) is 36.3 Å². The first-order valence-electron chi connectivity index (χ1n) is 13.1. The first kappa shape index (κ1) is 27.2. The summed E-state index contributed by atoms with van der Waals surface area (Å²) < 4.78 is 0. The molecule has 1 amide bonds. The number of likely N-dealkylation sites (tertiary alicyclic amines) is 1. The van der Waals surface area contributed by atoms with Gasteiger partial charge >= 0.3 is 0 Å². The van der Waals surface area contributed by atoms with Gasteiger partial charge in [-0.2, -0.15) is 23.5 Å². The van der Waals surface area contributed by atoms with E-state index in [2.05, 4.69) is 82.6 Å². The minimum atomic E-state index is 0.226. The number of thioether (sulfide) groups is 2. The molecular formula is C29H42N2OS2. The number of unbranched alkanes of at least 4 members (excludes halogenated alkanes) is 1. The Morgan fingerprint density at radius 1 is 0.853 bits per heavy atom. The average molecular weight is 499 g/mol. The number of carbonyl (C=O) groups excluding carboxylic acids is 1. The first-order chi connectivity index (χ1) is 16.8. The van der Waals surface area contributed by atoms with E-state index in [9.17, 15) is 4.79 Å². The Balaban J connectivity index is 1.31. The largest absolute Gasteiger partial charge is 0.355 e. The molecule has 0 saturated carbocycles. The molecule has 2 aromatic carbocycles. The summed E-state index contributed by atoms with van der Waals surface area (Å²) in [5.41, 5.74) is 2.81. The number of hydrogen-bond donors (Lipinski definition) is 1. The Kier molecular flexibility index (Phi) is 13.6. The van der Waals surface area contributed by atoms with Crippen LogP contribution in [0.25, 0.3) is 0 Å². The van der Waals surface area contributed by atoms with Gasteiger partial charge in [-0.25, -0.2) is 0 Å². The number of piperidine rings is 1. The number of nitrogens with one attached hydrogen (secondary N) is 1. The van der Waals surface area contributed by atoms with Crippen LogP contribution < -0.4 is 5.32 Å². The van der Waals surface area contributed by atoms with Gasteiger partial charge in [-0.15, -0.1) is 0 Å². The van der Waals surface area contributed by atoms with Crippen molar-refractivity contribution in [1.82, 2.24) is 10.2 Å². The van der Waals surface area contributed by atoms with Crippen molar-refractivity contribution in [1.29, 1.82) is 0 Å². The molecule has 0 radical (unpaired) electrons. The highest BCUT2D eigenvalue weighted by Crippen LogP contribution is 2.27. The number of carbonyl (C=O) groups is 1. The highest BCUT2D eigenvalue weighted by atomic mass is 32.2. The van der Waals surface area contributed by atoms with Gasteiger partial charge in [-0.3, -0.25) is 4.79 Å². The van der Waals surface area contributed by atoms with E-state index < -0.39 is 0 Å². The van der Waals surface area contributed by atoms with Crippen LogP contribution in [0, 0.1) is 0 Å². The first-order valence-corrected chi connectivity index (χ1v) is 15.3. The second-order valence-corrected chi connectivity index (χ2v) is 11.6. The van der Waals surface area contributed by atoms with Crippen molar-refractivity contribution in [2.45, 2.75) is 68.1 Å². The molecule has 1 unspecified atom stereocenters. The second-order valence-electron chi connectivity index (χ2n) is 9.24. The molecule has 3 nitrogen and oxygen atoms in total. The molecule has 186 valence electrons.